The number of hydrogen-bond acceptors (Lipinski definition) is 5. The van der Waals surface area contributed by atoms with Crippen LogP contribution in [0.25, 0.3) is 0 Å². The lowest BCUT2D eigenvalue weighted by atomic mass is 9.84. The van der Waals surface area contributed by atoms with E-state index in [2.05, 4.69) is 10.1 Å². The maximum atomic E-state index is 14.0. The Morgan fingerprint density at radius 3 is 2.23 bits per heavy atom. The number of carbonyl (C=O) groups is 2. The highest BCUT2D eigenvalue weighted by Gasteiger charge is 2.76. The van der Waals surface area contributed by atoms with Gasteiger partial charge in [-0.15, -0.1) is 0 Å². The van der Waals surface area contributed by atoms with Crippen LogP contribution in [0.4, 0.5) is 31.1 Å². The smallest absolute Gasteiger partial charge is 0.430 e. The maximum Gasteiger partial charge on any atom is 0.430 e. The van der Waals surface area contributed by atoms with Crippen molar-refractivity contribution in [2.75, 3.05) is 13.2 Å². The Balaban J connectivity index is 1.50. The summed E-state index contributed by atoms with van der Waals surface area (Å²) in [5.74, 6) is -0.195. The van der Waals surface area contributed by atoms with Crippen molar-refractivity contribution in [2.45, 2.75) is 89.4 Å². The Hall–Kier alpha value is -3.79. The number of amides is 3. The largest absolute Gasteiger partial charge is 0.493 e. The number of fused-ring (bicyclic) bond motifs is 1. The van der Waals surface area contributed by atoms with Gasteiger partial charge in [0.05, 0.1) is 24.8 Å². The summed E-state index contributed by atoms with van der Waals surface area (Å²) < 4.78 is 94.8. The molecule has 4 rings (SSSR count). The van der Waals surface area contributed by atoms with Crippen molar-refractivity contribution < 1.29 is 45.4 Å². The second-order valence-electron chi connectivity index (χ2n) is 11.1. The lowest BCUT2D eigenvalue weighted by molar-refractivity contribution is -0.385. The number of nitrogens with zero attached hydrogens (tertiary/aromatic N) is 2. The number of carbonyl (C=O) groups excluding carboxylic acids is 2. The van der Waals surface area contributed by atoms with Crippen molar-refractivity contribution in [3.05, 3.63) is 63.7 Å². The highest BCUT2D eigenvalue weighted by molar-refractivity contribution is 6.07. The van der Waals surface area contributed by atoms with E-state index in [4.69, 9.17) is 10.00 Å². The van der Waals surface area contributed by atoms with E-state index in [0.717, 1.165) is 11.0 Å². The van der Waals surface area contributed by atoms with Crippen molar-refractivity contribution in [3.8, 4) is 11.8 Å². The quantitative estimate of drug-likeness (QED) is 0.166. The number of unbranched alkanes of at least 4 members (excludes halogenated alkanes) is 1. The molecule has 44 heavy (non-hydrogen) atoms. The van der Waals surface area contributed by atoms with Crippen LogP contribution >= 0.6 is 0 Å². The van der Waals surface area contributed by atoms with Gasteiger partial charge in [-0.1, -0.05) is 38.8 Å². The number of hydrogen-bond donors (Lipinski definition) is 1. The Morgan fingerprint density at radius 1 is 1.02 bits per heavy atom. The van der Waals surface area contributed by atoms with Gasteiger partial charge in [0.1, 0.15) is 11.3 Å². The molecular weight excluding hydrogens is 592 g/mol. The highest BCUT2D eigenvalue weighted by Crippen LogP contribution is 2.58. The molecule has 0 spiro atoms. The molecule has 0 bridgehead atoms. The molecule has 1 saturated heterocycles. The fourth-order valence-electron chi connectivity index (χ4n) is 5.86. The van der Waals surface area contributed by atoms with Gasteiger partial charge in [0.2, 0.25) is 0 Å². The van der Waals surface area contributed by atoms with Gasteiger partial charge < -0.3 is 14.8 Å². The third-order valence-electron chi connectivity index (χ3n) is 8.09. The Labute approximate surface area is 251 Å². The highest BCUT2D eigenvalue weighted by atomic mass is 19.4. The molecule has 1 atom stereocenters. The molecule has 0 aliphatic carbocycles. The predicted octanol–water partition coefficient (Wildman–Crippen LogP) is 6.94. The molecule has 13 heteroatoms. The zero-order chi connectivity index (χ0) is 32.5. The Kier molecular flexibility index (Phi) is 9.26. The Morgan fingerprint density at radius 2 is 1.66 bits per heavy atom. The molecule has 0 aromatic heterocycles. The van der Waals surface area contributed by atoms with E-state index in [9.17, 15) is 35.9 Å². The van der Waals surface area contributed by atoms with Crippen molar-refractivity contribution in [3.63, 3.8) is 0 Å². The van der Waals surface area contributed by atoms with Crippen LogP contribution in [0, 0.1) is 11.3 Å². The van der Waals surface area contributed by atoms with E-state index in [1.54, 1.807) is 45.0 Å². The summed E-state index contributed by atoms with van der Waals surface area (Å²) in [5, 5.41) is 11.7. The van der Waals surface area contributed by atoms with Crippen molar-refractivity contribution in [2.24, 2.45) is 0 Å². The molecule has 2 aromatic rings. The molecule has 2 heterocycles. The maximum absolute atomic E-state index is 14.0. The second-order valence-corrected chi connectivity index (χ2v) is 11.1. The summed E-state index contributed by atoms with van der Waals surface area (Å²) in [6, 6.07) is 8.66. The number of alkyl halides is 6. The number of rotatable bonds is 11. The molecule has 2 aromatic carbocycles. The van der Waals surface area contributed by atoms with Crippen LogP contribution in [0.5, 0.6) is 5.75 Å². The van der Waals surface area contributed by atoms with E-state index in [1.165, 1.54) is 0 Å². The van der Waals surface area contributed by atoms with Gasteiger partial charge in [-0.05, 0) is 67.5 Å². The number of ether oxygens (including phenoxy) is 2. The van der Waals surface area contributed by atoms with Crippen LogP contribution in [0.1, 0.15) is 79.8 Å². The molecule has 2 aliphatic heterocycles. The van der Waals surface area contributed by atoms with Gasteiger partial charge in [0.15, 0.2) is 0 Å². The number of nitriles is 1. The van der Waals surface area contributed by atoms with Crippen molar-refractivity contribution in [1.29, 1.82) is 5.26 Å². The van der Waals surface area contributed by atoms with Crippen LogP contribution in [-0.2, 0) is 40.1 Å². The molecule has 3 amide bonds. The van der Waals surface area contributed by atoms with Crippen molar-refractivity contribution in [1.82, 2.24) is 10.2 Å². The number of urea groups is 1. The van der Waals surface area contributed by atoms with Crippen LogP contribution in [0.15, 0.2) is 30.3 Å². The molecule has 0 saturated carbocycles. The molecule has 7 nitrogen and oxygen atoms in total. The summed E-state index contributed by atoms with van der Waals surface area (Å²) >= 11 is 0. The van der Waals surface area contributed by atoms with E-state index in [1.807, 2.05) is 6.07 Å². The SMILES string of the molecule is CCCc1cc2c(c(CCC)c1OCCCCN1C(=O)NC(C)(c3ccc(C#N)cc3)C1=O)COC2(C(F)(F)F)C(F)(F)F. The van der Waals surface area contributed by atoms with Crippen LogP contribution in [0.3, 0.4) is 0 Å². The summed E-state index contributed by atoms with van der Waals surface area (Å²) in [5.41, 5.74) is -5.35. The molecule has 1 N–H and O–H groups in total. The fourth-order valence-corrected chi connectivity index (χ4v) is 5.86. The summed E-state index contributed by atoms with van der Waals surface area (Å²) in [7, 11) is 0. The first-order chi connectivity index (χ1) is 20.7. The minimum Gasteiger partial charge on any atom is -0.493 e. The average Bonchev–Trinajstić information content (AvgIpc) is 3.46. The summed E-state index contributed by atoms with van der Waals surface area (Å²) in [6.07, 6.45) is -9.45. The zero-order valence-electron chi connectivity index (χ0n) is 24.5. The third-order valence-corrected chi connectivity index (χ3v) is 8.09. The lowest BCUT2D eigenvalue weighted by Crippen LogP contribution is -2.53. The first-order valence-electron chi connectivity index (χ1n) is 14.4. The first kappa shape index (κ1) is 33.1. The molecule has 1 fully saturated rings. The van der Waals surface area contributed by atoms with Gasteiger partial charge >= 0.3 is 18.4 Å². The summed E-state index contributed by atoms with van der Waals surface area (Å²) in [4.78, 5) is 26.9. The third kappa shape index (κ3) is 5.60. The van der Waals surface area contributed by atoms with Crippen LogP contribution < -0.4 is 10.1 Å². The minimum absolute atomic E-state index is 0.0628. The number of aryl methyl sites for hydroxylation is 1. The standard InChI is InChI=1S/C31H33F6N3O4/c1-4-8-20-16-24-23(18-44-29(24,30(32,33)34)31(35,36)37)22(9-5-2)25(20)43-15-7-6-14-40-26(41)28(3,39-27(40)42)21-12-10-19(17-38)11-13-21/h10-13,16H,4-9,14-15,18H2,1-3H3,(H,39,42). The van der Waals surface area contributed by atoms with E-state index in [-0.39, 0.29) is 48.4 Å². The van der Waals surface area contributed by atoms with Crippen molar-refractivity contribution >= 4 is 11.9 Å². The number of halogens is 6. The molecule has 0 radical (unpaired) electrons. The normalized spacial score (nSPS) is 19.6. The lowest BCUT2D eigenvalue weighted by Gasteiger charge is -2.34. The van der Waals surface area contributed by atoms with E-state index in [0.29, 0.717) is 36.8 Å². The van der Waals surface area contributed by atoms with Crippen LogP contribution in [-0.4, -0.2) is 42.3 Å². The zero-order valence-corrected chi connectivity index (χ0v) is 24.5. The fraction of sp³-hybridized carbons (Fsp3) is 0.516. The van der Waals surface area contributed by atoms with E-state index < -0.39 is 47.6 Å². The van der Waals surface area contributed by atoms with Gasteiger partial charge in [-0.2, -0.15) is 31.6 Å². The number of benzene rings is 2. The van der Waals surface area contributed by atoms with Gasteiger partial charge in [0.25, 0.3) is 11.5 Å². The molecule has 1 unspecified atom stereocenters. The Bertz CT molecular complexity index is 1430. The van der Waals surface area contributed by atoms with E-state index >= 15 is 0 Å². The molecular formula is C31H33F6N3O4. The van der Waals surface area contributed by atoms with Gasteiger partial charge in [-0.25, -0.2) is 4.79 Å². The number of imide groups is 1. The molecule has 238 valence electrons. The van der Waals surface area contributed by atoms with Gasteiger partial charge in [0, 0.05) is 17.7 Å². The van der Waals surface area contributed by atoms with Crippen LogP contribution in [0.2, 0.25) is 0 Å². The topological polar surface area (TPSA) is 91.7 Å². The molecule has 2 aliphatic rings. The predicted molar refractivity (Wildman–Crippen MR) is 146 cm³/mol. The first-order valence-corrected chi connectivity index (χ1v) is 14.4. The monoisotopic (exact) mass is 625 g/mol. The van der Waals surface area contributed by atoms with Gasteiger partial charge in [-0.3, -0.25) is 9.69 Å². The summed E-state index contributed by atoms with van der Waals surface area (Å²) in [6.45, 7) is 4.39. The number of nitrogens with one attached hydrogen (secondary N) is 1. The second kappa shape index (κ2) is 12.3. The average molecular weight is 626 g/mol. The minimum atomic E-state index is -5.72.